The number of benzene rings is 1. The van der Waals surface area contributed by atoms with Crippen LogP contribution >= 0.6 is 11.6 Å². The number of hydrogen-bond acceptors (Lipinski definition) is 4. The smallest absolute Gasteiger partial charge is 0.233 e. The van der Waals surface area contributed by atoms with Gasteiger partial charge in [0.05, 0.1) is 31.0 Å². The number of aromatic amines is 1. The Hall–Kier alpha value is -2.64. The average Bonchev–Trinajstić information content (AvgIpc) is 3.29. The second-order valence-corrected chi connectivity index (χ2v) is 7.05. The molecule has 1 unspecified atom stereocenters. The van der Waals surface area contributed by atoms with Gasteiger partial charge in [-0.05, 0) is 31.4 Å². The Balaban J connectivity index is 1.61. The molecule has 1 atom stereocenters. The van der Waals surface area contributed by atoms with Crippen molar-refractivity contribution >= 4 is 23.3 Å². The van der Waals surface area contributed by atoms with Crippen LogP contribution in [0.3, 0.4) is 0 Å². The molecular weight excluding hydrogens is 366 g/mol. The van der Waals surface area contributed by atoms with Crippen molar-refractivity contribution in [1.82, 2.24) is 20.0 Å². The lowest BCUT2D eigenvalue weighted by Gasteiger charge is -2.21. The zero-order valence-electron chi connectivity index (χ0n) is 14.7. The first-order valence-corrected chi connectivity index (χ1v) is 9.31. The van der Waals surface area contributed by atoms with E-state index in [1.807, 2.05) is 18.2 Å². The van der Waals surface area contributed by atoms with Crippen molar-refractivity contribution in [3.05, 3.63) is 52.8 Å². The van der Waals surface area contributed by atoms with E-state index in [4.69, 9.17) is 11.6 Å². The molecule has 0 spiro atoms. The van der Waals surface area contributed by atoms with Crippen LogP contribution in [0, 0.1) is 0 Å². The monoisotopic (exact) mass is 385 g/mol. The Morgan fingerprint density at radius 3 is 3.11 bits per heavy atom. The SMILES string of the molecule is O=C(Nc1cc(-c2cccc(Cl)c2)nn1CCO)C1CCCc2[nH]ncc21. The first-order chi connectivity index (χ1) is 13.2. The standard InChI is InChI=1S/C19H20ClN5O2/c20-13-4-1-3-12(9-13)17-10-18(25(24-17)7-8-26)22-19(27)14-5-2-6-16-15(14)11-21-23-16/h1,3-4,9-11,14,26H,2,5-8H2,(H,21,23)(H,22,27). The van der Waals surface area contributed by atoms with Gasteiger partial charge in [-0.2, -0.15) is 10.2 Å². The molecule has 0 radical (unpaired) electrons. The summed E-state index contributed by atoms with van der Waals surface area (Å²) in [6.07, 6.45) is 4.38. The van der Waals surface area contributed by atoms with Crippen molar-refractivity contribution in [2.75, 3.05) is 11.9 Å². The molecular formula is C19H20ClN5O2. The Morgan fingerprint density at radius 2 is 2.30 bits per heavy atom. The van der Waals surface area contributed by atoms with E-state index in [2.05, 4.69) is 20.6 Å². The lowest BCUT2D eigenvalue weighted by Crippen LogP contribution is -2.25. The molecule has 140 valence electrons. The van der Waals surface area contributed by atoms with Crippen molar-refractivity contribution in [2.24, 2.45) is 0 Å². The Labute approximate surface area is 161 Å². The van der Waals surface area contributed by atoms with Gasteiger partial charge in [-0.1, -0.05) is 23.7 Å². The summed E-state index contributed by atoms with van der Waals surface area (Å²) in [5.74, 6) is 0.230. The molecule has 8 heteroatoms. The molecule has 2 aromatic heterocycles. The molecule has 7 nitrogen and oxygen atoms in total. The second kappa shape index (κ2) is 7.54. The fourth-order valence-electron chi connectivity index (χ4n) is 3.52. The number of anilines is 1. The number of hydrogen-bond donors (Lipinski definition) is 3. The quantitative estimate of drug-likeness (QED) is 0.629. The van der Waals surface area contributed by atoms with Gasteiger partial charge in [0.2, 0.25) is 5.91 Å². The van der Waals surface area contributed by atoms with E-state index in [1.165, 1.54) is 0 Å². The predicted octanol–water partition coefficient (Wildman–Crippen LogP) is 2.98. The first kappa shape index (κ1) is 17.8. The Kier molecular flexibility index (Phi) is 4.96. The number of aryl methyl sites for hydroxylation is 1. The first-order valence-electron chi connectivity index (χ1n) is 8.93. The molecule has 1 aliphatic rings. The molecule has 1 aromatic carbocycles. The number of amides is 1. The molecule has 4 rings (SSSR count). The summed E-state index contributed by atoms with van der Waals surface area (Å²) in [5.41, 5.74) is 3.53. The molecule has 0 aliphatic heterocycles. The zero-order valence-corrected chi connectivity index (χ0v) is 15.4. The van der Waals surface area contributed by atoms with Crippen LogP contribution in [-0.2, 0) is 17.8 Å². The number of nitrogens with one attached hydrogen (secondary N) is 2. The van der Waals surface area contributed by atoms with Gasteiger partial charge < -0.3 is 10.4 Å². The summed E-state index contributed by atoms with van der Waals surface area (Å²) < 4.78 is 1.60. The number of halogens is 1. The number of nitrogens with zero attached hydrogens (tertiary/aromatic N) is 3. The van der Waals surface area contributed by atoms with Crippen LogP contribution in [0.25, 0.3) is 11.3 Å². The number of rotatable bonds is 5. The molecule has 0 fully saturated rings. The lowest BCUT2D eigenvalue weighted by atomic mass is 9.86. The molecule has 1 aliphatic carbocycles. The van der Waals surface area contributed by atoms with Crippen LogP contribution in [0.4, 0.5) is 5.82 Å². The van der Waals surface area contributed by atoms with E-state index in [0.29, 0.717) is 16.5 Å². The number of carbonyl (C=O) groups excluding carboxylic acids is 1. The van der Waals surface area contributed by atoms with Crippen LogP contribution in [0.5, 0.6) is 0 Å². The van der Waals surface area contributed by atoms with Gasteiger partial charge in [-0.3, -0.25) is 9.89 Å². The second-order valence-electron chi connectivity index (χ2n) is 6.61. The van der Waals surface area contributed by atoms with Gasteiger partial charge in [0.25, 0.3) is 0 Å². The summed E-state index contributed by atoms with van der Waals surface area (Å²) in [5, 5.41) is 24.5. The maximum absolute atomic E-state index is 12.9. The largest absolute Gasteiger partial charge is 0.394 e. The Morgan fingerprint density at radius 1 is 1.41 bits per heavy atom. The topological polar surface area (TPSA) is 95.8 Å². The van der Waals surface area contributed by atoms with E-state index in [-0.39, 0.29) is 25.0 Å². The number of fused-ring (bicyclic) bond motifs is 1. The minimum atomic E-state index is -0.236. The molecule has 2 heterocycles. The van der Waals surface area contributed by atoms with E-state index >= 15 is 0 Å². The maximum Gasteiger partial charge on any atom is 0.233 e. The highest BCUT2D eigenvalue weighted by atomic mass is 35.5. The van der Waals surface area contributed by atoms with E-state index in [0.717, 1.165) is 36.1 Å². The number of carbonyl (C=O) groups is 1. The summed E-state index contributed by atoms with van der Waals surface area (Å²) in [7, 11) is 0. The lowest BCUT2D eigenvalue weighted by molar-refractivity contribution is -0.117. The number of aliphatic hydroxyl groups excluding tert-OH is 1. The average molecular weight is 386 g/mol. The molecule has 0 bridgehead atoms. The van der Waals surface area contributed by atoms with Crippen LogP contribution in [0.15, 0.2) is 36.5 Å². The summed E-state index contributed by atoms with van der Waals surface area (Å²) in [6.45, 7) is 0.215. The van der Waals surface area contributed by atoms with Crippen LogP contribution in [0.1, 0.15) is 30.0 Å². The molecule has 27 heavy (non-hydrogen) atoms. The molecule has 3 N–H and O–H groups in total. The highest BCUT2D eigenvalue weighted by Crippen LogP contribution is 2.32. The zero-order chi connectivity index (χ0) is 18.8. The number of H-pyrrole nitrogens is 1. The fraction of sp³-hybridized carbons (Fsp3) is 0.316. The van der Waals surface area contributed by atoms with Gasteiger partial charge >= 0.3 is 0 Å². The molecule has 0 saturated carbocycles. The molecule has 1 amide bonds. The van der Waals surface area contributed by atoms with Gasteiger partial charge in [0.1, 0.15) is 5.82 Å². The summed E-state index contributed by atoms with van der Waals surface area (Å²) in [6, 6.07) is 9.17. The van der Waals surface area contributed by atoms with E-state index in [9.17, 15) is 9.90 Å². The summed E-state index contributed by atoms with van der Waals surface area (Å²) >= 11 is 6.07. The van der Waals surface area contributed by atoms with Crippen molar-refractivity contribution in [3.8, 4) is 11.3 Å². The number of aliphatic hydroxyl groups is 1. The van der Waals surface area contributed by atoms with Crippen molar-refractivity contribution in [1.29, 1.82) is 0 Å². The minimum absolute atomic E-state index is 0.0746. The third kappa shape index (κ3) is 3.61. The van der Waals surface area contributed by atoms with Gasteiger partial charge in [-0.25, -0.2) is 4.68 Å². The fourth-order valence-corrected chi connectivity index (χ4v) is 3.71. The normalized spacial score (nSPS) is 16.1. The van der Waals surface area contributed by atoms with Crippen LogP contribution in [-0.4, -0.2) is 37.6 Å². The van der Waals surface area contributed by atoms with E-state index in [1.54, 1.807) is 23.0 Å². The number of aromatic nitrogens is 4. The highest BCUT2D eigenvalue weighted by molar-refractivity contribution is 6.30. The Bertz CT molecular complexity index is 965. The van der Waals surface area contributed by atoms with Gasteiger partial charge in [0, 0.05) is 27.9 Å². The van der Waals surface area contributed by atoms with Gasteiger partial charge in [0.15, 0.2) is 0 Å². The van der Waals surface area contributed by atoms with Crippen LogP contribution in [0.2, 0.25) is 5.02 Å². The molecule has 0 saturated heterocycles. The molecule has 3 aromatic rings. The van der Waals surface area contributed by atoms with Crippen molar-refractivity contribution in [3.63, 3.8) is 0 Å². The van der Waals surface area contributed by atoms with Crippen molar-refractivity contribution < 1.29 is 9.90 Å². The predicted molar refractivity (Wildman–Crippen MR) is 103 cm³/mol. The van der Waals surface area contributed by atoms with E-state index < -0.39 is 0 Å². The third-order valence-electron chi connectivity index (χ3n) is 4.83. The third-order valence-corrected chi connectivity index (χ3v) is 5.06. The van der Waals surface area contributed by atoms with Crippen LogP contribution < -0.4 is 5.32 Å². The minimum Gasteiger partial charge on any atom is -0.394 e. The summed E-state index contributed by atoms with van der Waals surface area (Å²) in [4.78, 5) is 12.9. The highest BCUT2D eigenvalue weighted by Gasteiger charge is 2.28. The van der Waals surface area contributed by atoms with Crippen molar-refractivity contribution in [2.45, 2.75) is 31.7 Å². The maximum atomic E-state index is 12.9. The van der Waals surface area contributed by atoms with Gasteiger partial charge in [-0.15, -0.1) is 0 Å².